The predicted molar refractivity (Wildman–Crippen MR) is 111 cm³/mol. The average molecular weight is 390 g/mol. The van der Waals surface area contributed by atoms with E-state index >= 15 is 0 Å². The largest absolute Gasteiger partial charge is 0.415 e. The SMILES string of the molecule is C=C(/C=C1\NCCCC1N(C)c1ccccc1)/C(=C/C(=C)C(F)(F)F)C(C)C. The van der Waals surface area contributed by atoms with Gasteiger partial charge in [-0.25, -0.2) is 0 Å². The number of para-hydroxylation sites is 1. The van der Waals surface area contributed by atoms with Crippen LogP contribution in [0.2, 0.25) is 0 Å². The van der Waals surface area contributed by atoms with Crippen LogP contribution in [0.4, 0.5) is 18.9 Å². The Hall–Kier alpha value is -2.43. The molecular formula is C23H29F3N2. The van der Waals surface area contributed by atoms with Crippen molar-refractivity contribution in [2.45, 2.75) is 38.9 Å². The van der Waals surface area contributed by atoms with Crippen LogP contribution in [-0.4, -0.2) is 25.8 Å². The first-order valence-corrected chi connectivity index (χ1v) is 9.51. The van der Waals surface area contributed by atoms with Gasteiger partial charge < -0.3 is 10.2 Å². The molecule has 1 aliphatic rings. The molecule has 152 valence electrons. The molecule has 1 aliphatic heterocycles. The van der Waals surface area contributed by atoms with Crippen LogP contribution in [-0.2, 0) is 0 Å². The van der Waals surface area contributed by atoms with Gasteiger partial charge in [0, 0.05) is 30.5 Å². The molecule has 28 heavy (non-hydrogen) atoms. The minimum atomic E-state index is -4.44. The molecule has 0 aliphatic carbocycles. The molecule has 1 aromatic rings. The van der Waals surface area contributed by atoms with Gasteiger partial charge in [-0.1, -0.05) is 45.2 Å². The van der Waals surface area contributed by atoms with Crippen molar-refractivity contribution in [1.29, 1.82) is 0 Å². The molecule has 0 spiro atoms. The molecule has 1 unspecified atom stereocenters. The Morgan fingerprint density at radius 3 is 2.43 bits per heavy atom. The van der Waals surface area contributed by atoms with Gasteiger partial charge in [-0.15, -0.1) is 0 Å². The van der Waals surface area contributed by atoms with Crippen molar-refractivity contribution in [3.05, 3.63) is 78.1 Å². The van der Waals surface area contributed by atoms with E-state index in [-0.39, 0.29) is 12.0 Å². The van der Waals surface area contributed by atoms with Crippen molar-refractivity contribution in [3.63, 3.8) is 0 Å². The summed E-state index contributed by atoms with van der Waals surface area (Å²) >= 11 is 0. The van der Waals surface area contributed by atoms with Crippen LogP contribution < -0.4 is 10.2 Å². The molecule has 1 atom stereocenters. The molecule has 2 nitrogen and oxygen atoms in total. The van der Waals surface area contributed by atoms with Crippen molar-refractivity contribution < 1.29 is 13.2 Å². The van der Waals surface area contributed by atoms with Gasteiger partial charge in [-0.3, -0.25) is 0 Å². The molecule has 0 aromatic heterocycles. The normalized spacial score (nSPS) is 19.5. The number of hydrogen-bond donors (Lipinski definition) is 1. The second-order valence-electron chi connectivity index (χ2n) is 7.43. The van der Waals surface area contributed by atoms with E-state index in [2.05, 4.69) is 23.4 Å². The Balaban J connectivity index is 2.31. The standard InChI is InChI=1S/C23H29F3N2/c1-16(2)20(15-18(4)23(24,25)26)17(3)14-21-22(12-9-13-27-21)28(5)19-10-7-6-8-11-19/h6-8,10-11,14-16,22,27H,3-4,9,12-13H2,1-2,5H3/b20-15+,21-14-. The van der Waals surface area contributed by atoms with Crippen LogP contribution in [0.3, 0.4) is 0 Å². The number of nitrogens with zero attached hydrogens (tertiary/aromatic N) is 1. The number of alkyl halides is 3. The third-order valence-electron chi connectivity index (χ3n) is 4.99. The summed E-state index contributed by atoms with van der Waals surface area (Å²) in [6.07, 6.45) is 0.561. The summed E-state index contributed by atoms with van der Waals surface area (Å²) < 4.78 is 38.8. The van der Waals surface area contributed by atoms with Crippen LogP contribution in [0.1, 0.15) is 26.7 Å². The van der Waals surface area contributed by atoms with Crippen LogP contribution in [0.15, 0.2) is 78.1 Å². The molecule has 0 amide bonds. The maximum atomic E-state index is 12.9. The molecule has 5 heteroatoms. The fourth-order valence-corrected chi connectivity index (χ4v) is 3.36. The molecule has 1 fully saturated rings. The van der Waals surface area contributed by atoms with Gasteiger partial charge in [-0.2, -0.15) is 13.2 Å². The highest BCUT2D eigenvalue weighted by Gasteiger charge is 2.31. The number of hydrogen-bond acceptors (Lipinski definition) is 2. The van der Waals surface area contributed by atoms with Gasteiger partial charge in [0.05, 0.1) is 6.04 Å². The van der Waals surface area contributed by atoms with Crippen LogP contribution >= 0.6 is 0 Å². The summed E-state index contributed by atoms with van der Waals surface area (Å²) in [6.45, 7) is 11.8. The molecular weight excluding hydrogens is 361 g/mol. The lowest BCUT2D eigenvalue weighted by Crippen LogP contribution is -2.42. The number of allylic oxidation sites excluding steroid dienone is 5. The van der Waals surface area contributed by atoms with E-state index < -0.39 is 11.7 Å². The highest BCUT2D eigenvalue weighted by Crippen LogP contribution is 2.31. The van der Waals surface area contributed by atoms with Crippen LogP contribution in [0.25, 0.3) is 0 Å². The second kappa shape index (κ2) is 9.18. The third kappa shape index (κ3) is 5.54. The highest BCUT2D eigenvalue weighted by molar-refractivity contribution is 5.51. The lowest BCUT2D eigenvalue weighted by Gasteiger charge is -2.36. The smallest absolute Gasteiger partial charge is 0.387 e. The zero-order valence-electron chi connectivity index (χ0n) is 16.8. The summed E-state index contributed by atoms with van der Waals surface area (Å²) in [5, 5.41) is 3.41. The zero-order valence-corrected chi connectivity index (χ0v) is 16.8. The fourth-order valence-electron chi connectivity index (χ4n) is 3.36. The fraction of sp³-hybridized carbons (Fsp3) is 0.391. The van der Waals surface area contributed by atoms with E-state index in [1.54, 1.807) is 0 Å². The van der Waals surface area contributed by atoms with Crippen LogP contribution in [0.5, 0.6) is 0 Å². The van der Waals surface area contributed by atoms with Gasteiger partial charge in [0.15, 0.2) is 0 Å². The molecule has 1 aromatic carbocycles. The zero-order chi connectivity index (χ0) is 20.9. The monoisotopic (exact) mass is 390 g/mol. The van der Waals surface area contributed by atoms with Crippen molar-refractivity contribution >= 4 is 5.69 Å². The van der Waals surface area contributed by atoms with Crippen molar-refractivity contribution in [2.75, 3.05) is 18.5 Å². The topological polar surface area (TPSA) is 15.3 Å². The summed E-state index contributed by atoms with van der Waals surface area (Å²) in [5.41, 5.74) is 2.34. The van der Waals surface area contributed by atoms with Gasteiger partial charge in [0.25, 0.3) is 0 Å². The molecule has 1 saturated heterocycles. The second-order valence-corrected chi connectivity index (χ2v) is 7.43. The number of likely N-dealkylation sites (N-methyl/N-ethyl adjacent to an activating group) is 1. The lowest BCUT2D eigenvalue weighted by atomic mass is 9.91. The Morgan fingerprint density at radius 2 is 1.86 bits per heavy atom. The van der Waals surface area contributed by atoms with Gasteiger partial charge in [0.2, 0.25) is 0 Å². The highest BCUT2D eigenvalue weighted by atomic mass is 19.4. The molecule has 0 saturated carbocycles. The lowest BCUT2D eigenvalue weighted by molar-refractivity contribution is -0.0878. The maximum absolute atomic E-state index is 12.9. The quantitative estimate of drug-likeness (QED) is 0.598. The number of benzene rings is 1. The number of halogens is 3. The van der Waals surface area contributed by atoms with Gasteiger partial charge in [0.1, 0.15) is 0 Å². The minimum absolute atomic E-state index is 0.0997. The summed E-state index contributed by atoms with van der Waals surface area (Å²) in [5.74, 6) is -0.0997. The van der Waals surface area contributed by atoms with Crippen molar-refractivity contribution in [2.24, 2.45) is 5.92 Å². The number of anilines is 1. The average Bonchev–Trinajstić information content (AvgIpc) is 2.65. The van der Waals surface area contributed by atoms with E-state index in [4.69, 9.17) is 0 Å². The van der Waals surface area contributed by atoms with Crippen LogP contribution in [0, 0.1) is 5.92 Å². The molecule has 2 rings (SSSR count). The van der Waals surface area contributed by atoms with Gasteiger partial charge >= 0.3 is 6.18 Å². The predicted octanol–water partition coefficient (Wildman–Crippen LogP) is 6.02. The van der Waals surface area contributed by atoms with E-state index in [0.29, 0.717) is 11.1 Å². The third-order valence-corrected chi connectivity index (χ3v) is 4.99. The first kappa shape index (κ1) is 21.9. The maximum Gasteiger partial charge on any atom is 0.415 e. The number of rotatable bonds is 6. The van der Waals surface area contributed by atoms with E-state index in [0.717, 1.165) is 36.8 Å². The number of piperidine rings is 1. The first-order chi connectivity index (χ1) is 13.1. The number of nitrogens with one attached hydrogen (secondary N) is 1. The van der Waals surface area contributed by atoms with Crippen molar-refractivity contribution in [1.82, 2.24) is 5.32 Å². The molecule has 0 bridgehead atoms. The van der Waals surface area contributed by atoms with E-state index in [9.17, 15) is 13.2 Å². The Kier molecular flexibility index (Phi) is 7.17. The van der Waals surface area contributed by atoms with Gasteiger partial charge in [-0.05, 0) is 54.2 Å². The Morgan fingerprint density at radius 1 is 1.21 bits per heavy atom. The van der Waals surface area contributed by atoms with Crippen molar-refractivity contribution in [3.8, 4) is 0 Å². The minimum Gasteiger partial charge on any atom is -0.387 e. The van der Waals surface area contributed by atoms with E-state index in [1.807, 2.05) is 57.3 Å². The Labute approximate surface area is 166 Å². The summed E-state index contributed by atoms with van der Waals surface area (Å²) in [4.78, 5) is 2.19. The summed E-state index contributed by atoms with van der Waals surface area (Å²) in [6, 6.07) is 10.2. The molecule has 1 N–H and O–H groups in total. The first-order valence-electron chi connectivity index (χ1n) is 9.51. The van der Waals surface area contributed by atoms with E-state index in [1.165, 1.54) is 0 Å². The molecule has 0 radical (unpaired) electrons. The molecule has 1 heterocycles. The Bertz CT molecular complexity index is 758. The summed E-state index contributed by atoms with van der Waals surface area (Å²) in [7, 11) is 2.04.